The van der Waals surface area contributed by atoms with Crippen molar-refractivity contribution in [2.75, 3.05) is 0 Å². The molecule has 0 bridgehead atoms. The fourth-order valence-corrected chi connectivity index (χ4v) is 8.60. The van der Waals surface area contributed by atoms with Gasteiger partial charge in [0.25, 0.3) is 0 Å². The molecule has 0 atom stereocenters. The fraction of sp³-hybridized carbons (Fsp3) is 1.00. The minimum absolute atomic E-state index is 1.10. The van der Waals surface area contributed by atoms with E-state index >= 15 is 0 Å². The van der Waals surface area contributed by atoms with Gasteiger partial charge in [-0.3, -0.25) is 0 Å². The summed E-state index contributed by atoms with van der Waals surface area (Å²) in [5.41, 5.74) is 0. The fourth-order valence-electron chi connectivity index (χ4n) is 5.02. The quantitative estimate of drug-likeness (QED) is 0.0597. The summed E-state index contributed by atoms with van der Waals surface area (Å²) >= 11 is -1.93. The van der Waals surface area contributed by atoms with E-state index in [1.54, 1.807) is 0 Å². The average molecular weight is 594 g/mol. The Morgan fingerprint density at radius 1 is 0.294 bits per heavy atom. The van der Waals surface area contributed by atoms with Crippen LogP contribution in [0.4, 0.5) is 0 Å². The van der Waals surface area contributed by atoms with Crippen LogP contribution in [0.1, 0.15) is 194 Å². The van der Waals surface area contributed by atoms with Crippen LogP contribution in [0.3, 0.4) is 0 Å². The Labute approximate surface area is 224 Å². The van der Waals surface area contributed by atoms with E-state index in [9.17, 15) is 3.10 Å². The van der Waals surface area contributed by atoms with Crippen molar-refractivity contribution in [3.63, 3.8) is 0 Å². The first-order chi connectivity index (χ1) is 16.8. The molecule has 0 amide bonds. The van der Waals surface area contributed by atoms with Crippen molar-refractivity contribution in [1.82, 2.24) is 0 Å². The summed E-state index contributed by atoms with van der Waals surface area (Å²) in [6.45, 7) is 4.59. The van der Waals surface area contributed by atoms with Crippen LogP contribution >= 0.6 is 0 Å². The van der Waals surface area contributed by atoms with Crippen LogP contribution in [0.25, 0.3) is 0 Å². The van der Waals surface area contributed by atoms with Gasteiger partial charge >= 0.3 is 173 Å². The molecule has 0 aromatic carbocycles. The summed E-state index contributed by atoms with van der Waals surface area (Å²) in [6.07, 6.45) is 39.5. The molecule has 0 aromatic rings. The van der Waals surface area contributed by atoms with Gasteiger partial charge in [-0.2, -0.15) is 0 Å². The average Bonchev–Trinajstić information content (AvgIpc) is 2.84. The van der Waals surface area contributed by atoms with Gasteiger partial charge in [0.1, 0.15) is 0 Å². The second kappa shape index (κ2) is 31.6. The van der Waals surface area contributed by atoms with Gasteiger partial charge in [0.2, 0.25) is 0 Å². The molecular formula is C32H66OTe. The van der Waals surface area contributed by atoms with Crippen LogP contribution in [-0.4, -0.2) is 19.5 Å². The van der Waals surface area contributed by atoms with E-state index in [2.05, 4.69) is 13.8 Å². The van der Waals surface area contributed by atoms with Gasteiger partial charge in [0.15, 0.2) is 0 Å². The number of unbranched alkanes of at least 4 members (excludes halogenated alkanes) is 26. The first-order valence-electron chi connectivity index (χ1n) is 16.2. The SMILES string of the molecule is CCCCCCCCCCCCCCCC[Te](=O)CCCCCCCCCCCCCCCC. The Balaban J connectivity index is 3.14. The molecule has 0 aliphatic heterocycles. The first-order valence-corrected chi connectivity index (χ1v) is 20.4. The molecule has 0 rings (SSSR count). The third kappa shape index (κ3) is 30.6. The predicted octanol–water partition coefficient (Wildman–Crippen LogP) is 12.4. The smallest absolute Gasteiger partial charge is 0.0654 e. The molecular weight excluding hydrogens is 528 g/mol. The van der Waals surface area contributed by atoms with Crippen molar-refractivity contribution in [2.24, 2.45) is 0 Å². The molecule has 0 saturated heterocycles. The van der Waals surface area contributed by atoms with E-state index in [4.69, 9.17) is 0 Å². The zero-order valence-electron chi connectivity index (χ0n) is 24.0. The number of hydrogen-bond donors (Lipinski definition) is 0. The molecule has 0 heterocycles. The van der Waals surface area contributed by atoms with E-state index in [0.717, 1.165) is 8.94 Å². The summed E-state index contributed by atoms with van der Waals surface area (Å²) < 4.78 is 14.5. The van der Waals surface area contributed by atoms with Gasteiger partial charge < -0.3 is 0 Å². The first kappa shape index (κ1) is 34.6. The molecule has 0 radical (unpaired) electrons. The van der Waals surface area contributed by atoms with Gasteiger partial charge in [0.05, 0.1) is 0 Å². The van der Waals surface area contributed by atoms with Crippen LogP contribution in [0.2, 0.25) is 8.94 Å². The normalized spacial score (nSPS) is 11.6. The van der Waals surface area contributed by atoms with Crippen LogP contribution < -0.4 is 0 Å². The summed E-state index contributed by atoms with van der Waals surface area (Å²) in [4.78, 5) is 0. The van der Waals surface area contributed by atoms with Gasteiger partial charge in [-0.05, 0) is 0 Å². The summed E-state index contributed by atoms with van der Waals surface area (Å²) in [6, 6.07) is 0. The third-order valence-corrected chi connectivity index (χ3v) is 11.7. The zero-order valence-corrected chi connectivity index (χ0v) is 26.4. The minimum atomic E-state index is -1.93. The van der Waals surface area contributed by atoms with Crippen molar-refractivity contribution < 1.29 is 3.10 Å². The zero-order chi connectivity index (χ0) is 24.8. The Morgan fingerprint density at radius 2 is 0.471 bits per heavy atom. The predicted molar refractivity (Wildman–Crippen MR) is 157 cm³/mol. The van der Waals surface area contributed by atoms with Crippen molar-refractivity contribution in [2.45, 2.75) is 203 Å². The molecule has 206 valence electrons. The monoisotopic (exact) mass is 596 g/mol. The maximum absolute atomic E-state index is 12.3. The molecule has 0 fully saturated rings. The number of rotatable bonds is 30. The van der Waals surface area contributed by atoms with Crippen molar-refractivity contribution in [3.8, 4) is 0 Å². The molecule has 0 N–H and O–H groups in total. The van der Waals surface area contributed by atoms with Crippen molar-refractivity contribution in [3.05, 3.63) is 0 Å². The Morgan fingerprint density at radius 3 is 0.676 bits per heavy atom. The van der Waals surface area contributed by atoms with Crippen LogP contribution in [0.5, 0.6) is 0 Å². The van der Waals surface area contributed by atoms with Crippen LogP contribution in [0, 0.1) is 0 Å². The topological polar surface area (TPSA) is 17.1 Å². The molecule has 0 unspecified atom stereocenters. The van der Waals surface area contributed by atoms with E-state index in [1.165, 1.54) is 180 Å². The Bertz CT molecular complexity index is 347. The summed E-state index contributed by atoms with van der Waals surface area (Å²) in [7, 11) is 0. The van der Waals surface area contributed by atoms with E-state index in [0.29, 0.717) is 0 Å². The summed E-state index contributed by atoms with van der Waals surface area (Å²) in [5, 5.41) is 0. The molecule has 1 nitrogen and oxygen atoms in total. The molecule has 0 aliphatic carbocycles. The van der Waals surface area contributed by atoms with Gasteiger partial charge in [-0.15, -0.1) is 0 Å². The minimum Gasteiger partial charge on any atom is -0.0654 e. The van der Waals surface area contributed by atoms with Crippen molar-refractivity contribution >= 4 is 19.5 Å². The maximum atomic E-state index is 12.3. The van der Waals surface area contributed by atoms with Crippen LogP contribution in [-0.2, 0) is 3.10 Å². The third-order valence-electron chi connectivity index (χ3n) is 7.45. The summed E-state index contributed by atoms with van der Waals surface area (Å²) in [5.74, 6) is 0. The standard InChI is InChI=1S/C32H66OTe/c1-3-5-7-9-11-13-15-17-19-21-23-25-27-29-31-34(33)32-30-28-26-24-22-20-18-16-14-12-10-8-6-4-2/h3-32H2,1-2H3. The molecule has 0 saturated carbocycles. The molecule has 0 aliphatic rings. The second-order valence-corrected chi connectivity index (χ2v) is 15.9. The van der Waals surface area contributed by atoms with Gasteiger partial charge in [-0.1, -0.05) is 52.4 Å². The molecule has 0 spiro atoms. The molecule has 0 aromatic heterocycles. The Kier molecular flexibility index (Phi) is 32.2. The van der Waals surface area contributed by atoms with E-state index in [-0.39, 0.29) is 0 Å². The van der Waals surface area contributed by atoms with Crippen LogP contribution in [0.15, 0.2) is 0 Å². The second-order valence-electron chi connectivity index (χ2n) is 11.0. The van der Waals surface area contributed by atoms with Gasteiger partial charge in [0, 0.05) is 0 Å². The molecule has 34 heavy (non-hydrogen) atoms. The molecule has 2 heteroatoms. The van der Waals surface area contributed by atoms with Gasteiger partial charge in [-0.25, -0.2) is 0 Å². The Hall–Kier alpha value is 0.590. The van der Waals surface area contributed by atoms with Crippen molar-refractivity contribution in [1.29, 1.82) is 0 Å². The number of hydrogen-bond acceptors (Lipinski definition) is 1. The van der Waals surface area contributed by atoms with E-state index < -0.39 is 19.5 Å². The van der Waals surface area contributed by atoms with E-state index in [1.807, 2.05) is 0 Å².